The van der Waals surface area contributed by atoms with Gasteiger partial charge in [-0.15, -0.1) is 10.2 Å². The second kappa shape index (κ2) is 7.42. The lowest BCUT2D eigenvalue weighted by molar-refractivity contribution is -0.166. The van der Waals surface area contributed by atoms with Crippen LogP contribution < -0.4 is 0 Å². The molecule has 1 unspecified atom stereocenters. The monoisotopic (exact) mass is 455 g/mol. The van der Waals surface area contributed by atoms with Gasteiger partial charge in [-0.2, -0.15) is 26.3 Å². The van der Waals surface area contributed by atoms with Crippen molar-refractivity contribution < 1.29 is 35.9 Å². The third kappa shape index (κ3) is 3.98. The van der Waals surface area contributed by atoms with Gasteiger partial charge in [-0.05, 0) is 16.7 Å². The van der Waals surface area contributed by atoms with Crippen molar-refractivity contribution in [3.05, 3.63) is 70.8 Å². The van der Waals surface area contributed by atoms with Crippen molar-refractivity contribution in [2.75, 3.05) is 6.61 Å². The minimum atomic E-state index is -4.60. The lowest BCUT2D eigenvalue weighted by atomic mass is 9.95. The minimum Gasteiger partial charge on any atom is -0.465 e. The van der Waals surface area contributed by atoms with Gasteiger partial charge in [0.1, 0.15) is 0 Å². The Labute approximate surface area is 177 Å². The molecule has 2 aliphatic heterocycles. The van der Waals surface area contributed by atoms with Crippen molar-refractivity contribution in [1.29, 1.82) is 0 Å². The summed E-state index contributed by atoms with van der Waals surface area (Å²) >= 11 is 0. The van der Waals surface area contributed by atoms with Gasteiger partial charge in [0.15, 0.2) is 0 Å². The van der Waals surface area contributed by atoms with E-state index in [9.17, 15) is 31.1 Å². The van der Waals surface area contributed by atoms with Crippen molar-refractivity contribution in [2.45, 2.75) is 36.4 Å². The van der Waals surface area contributed by atoms with Crippen LogP contribution in [0.3, 0.4) is 0 Å². The molecule has 2 aromatic rings. The van der Waals surface area contributed by atoms with E-state index in [0.717, 1.165) is 6.21 Å². The average Bonchev–Trinajstić information content (AvgIpc) is 3.61. The molecule has 2 aliphatic rings. The van der Waals surface area contributed by atoms with Crippen LogP contribution in [-0.4, -0.2) is 31.1 Å². The fourth-order valence-corrected chi connectivity index (χ4v) is 3.25. The number of alkyl halides is 6. The van der Waals surface area contributed by atoms with Crippen LogP contribution in [0, 0.1) is 0 Å². The molecule has 0 fully saturated rings. The van der Waals surface area contributed by atoms with Crippen molar-refractivity contribution >= 4 is 12.2 Å². The molecule has 0 radical (unpaired) electrons. The Kier molecular flexibility index (Phi) is 5.09. The van der Waals surface area contributed by atoms with Crippen LogP contribution in [0.1, 0.15) is 22.3 Å². The Balaban J connectivity index is 1.25. The largest absolute Gasteiger partial charge is 0.465 e. The van der Waals surface area contributed by atoms with Crippen LogP contribution in [0.25, 0.3) is 0 Å². The summed E-state index contributed by atoms with van der Waals surface area (Å²) in [5, 5.41) is 6.26. The molecule has 11 heteroatoms. The van der Waals surface area contributed by atoms with Crippen LogP contribution in [0.15, 0.2) is 63.8 Å². The fraction of sp³-hybridized carbons (Fsp3) is 0.333. The van der Waals surface area contributed by atoms with Crippen LogP contribution in [0.4, 0.5) is 26.3 Å². The number of hydrogen-bond donors (Lipinski definition) is 0. The Hall–Kier alpha value is -3.24. The Morgan fingerprint density at radius 3 is 1.81 bits per heavy atom. The number of esters is 1. The first kappa shape index (κ1) is 22.0. The second-order valence-corrected chi connectivity index (χ2v) is 7.43. The summed E-state index contributed by atoms with van der Waals surface area (Å²) in [4.78, 5) is 15.3. The van der Waals surface area contributed by atoms with E-state index >= 15 is 0 Å². The molecule has 1 atom stereocenters. The van der Waals surface area contributed by atoms with Crippen molar-refractivity contribution in [2.24, 2.45) is 15.2 Å². The molecule has 168 valence electrons. The number of benzene rings is 2. The normalized spacial score (nSPS) is 20.8. The van der Waals surface area contributed by atoms with E-state index in [4.69, 9.17) is 4.74 Å². The summed E-state index contributed by atoms with van der Waals surface area (Å²) in [6.07, 6.45) is -8.12. The highest BCUT2D eigenvalue weighted by Crippen LogP contribution is 2.52. The molecular formula is C21H15F6N3O2. The first-order chi connectivity index (χ1) is 15.0. The highest BCUT2D eigenvalue weighted by Gasteiger charge is 2.65. The Bertz CT molecular complexity index is 1060. The van der Waals surface area contributed by atoms with Crippen LogP contribution in [-0.2, 0) is 33.6 Å². The van der Waals surface area contributed by atoms with Crippen molar-refractivity contribution in [1.82, 2.24) is 0 Å². The molecule has 0 aromatic heterocycles. The third-order valence-electron chi connectivity index (χ3n) is 5.27. The van der Waals surface area contributed by atoms with Gasteiger partial charge in [0.05, 0.1) is 13.0 Å². The first-order valence-electron chi connectivity index (χ1n) is 9.45. The Morgan fingerprint density at radius 2 is 1.34 bits per heavy atom. The van der Waals surface area contributed by atoms with Gasteiger partial charge < -0.3 is 4.74 Å². The predicted octanol–water partition coefficient (Wildman–Crippen LogP) is 5.04. The molecule has 4 rings (SSSR count). The summed E-state index contributed by atoms with van der Waals surface area (Å²) < 4.78 is 83.2. The standard InChI is InChI=1S/C21H15F6N3O2/c22-20(23,24)18(12-28-18)15-5-3-14(4-6-15)11-17(31)32-10-9-13-1-7-16(8-2-13)19(29-30-19)21(25,26)27/h1-8,12H,9-11H2. The molecule has 2 aromatic carbocycles. The maximum atomic E-state index is 13.0. The van der Waals surface area contributed by atoms with Gasteiger partial charge in [-0.1, -0.05) is 48.5 Å². The number of nitrogens with zero attached hydrogens (tertiary/aromatic N) is 3. The smallest absolute Gasteiger partial charge is 0.442 e. The summed E-state index contributed by atoms with van der Waals surface area (Å²) in [5.41, 5.74) is -3.70. The molecule has 0 saturated heterocycles. The number of carbonyl (C=O) groups is 1. The topological polar surface area (TPSA) is 63.4 Å². The molecule has 5 nitrogen and oxygen atoms in total. The second-order valence-electron chi connectivity index (χ2n) is 7.43. The highest BCUT2D eigenvalue weighted by molar-refractivity contribution is 5.87. The van der Waals surface area contributed by atoms with E-state index in [1.54, 1.807) is 0 Å². The molecular weight excluding hydrogens is 440 g/mol. The van der Waals surface area contributed by atoms with E-state index < -0.39 is 29.5 Å². The van der Waals surface area contributed by atoms with Crippen molar-refractivity contribution in [3.8, 4) is 0 Å². The molecule has 0 bridgehead atoms. The van der Waals surface area contributed by atoms with Crippen molar-refractivity contribution in [3.63, 3.8) is 0 Å². The number of hydrogen-bond acceptors (Lipinski definition) is 5. The SMILES string of the molecule is O=C(Cc1ccc(C2(C(F)(F)F)C=N2)cc1)OCCc1ccc(C2(C(F)(F)F)N=N2)cc1. The summed E-state index contributed by atoms with van der Waals surface area (Å²) in [6, 6.07) is 10.9. The zero-order valence-corrected chi connectivity index (χ0v) is 16.2. The number of aliphatic imine (C=N–C) groups is 1. The number of rotatable bonds is 7. The summed E-state index contributed by atoms with van der Waals surface area (Å²) in [5.74, 6) is -0.575. The van der Waals surface area contributed by atoms with E-state index in [-0.39, 0.29) is 30.6 Å². The maximum absolute atomic E-state index is 13.0. The highest BCUT2D eigenvalue weighted by atomic mass is 19.4. The van der Waals surface area contributed by atoms with Crippen LogP contribution in [0.5, 0.6) is 0 Å². The number of halogens is 6. The summed E-state index contributed by atoms with van der Waals surface area (Å²) in [7, 11) is 0. The minimum absolute atomic E-state index is 0.000449. The third-order valence-corrected chi connectivity index (χ3v) is 5.27. The van der Waals surface area contributed by atoms with E-state index in [1.165, 1.54) is 48.5 Å². The number of carbonyl (C=O) groups excluding carboxylic acids is 1. The lowest BCUT2D eigenvalue weighted by Crippen LogP contribution is -2.31. The van der Waals surface area contributed by atoms with Gasteiger partial charge in [0, 0.05) is 18.2 Å². The zero-order chi connectivity index (χ0) is 23.2. The average molecular weight is 455 g/mol. The molecule has 2 heterocycles. The molecule has 0 N–H and O–H groups in total. The first-order valence-corrected chi connectivity index (χ1v) is 9.45. The molecule has 32 heavy (non-hydrogen) atoms. The Morgan fingerprint density at radius 1 is 0.812 bits per heavy atom. The van der Waals surface area contributed by atoms with E-state index in [2.05, 4.69) is 15.2 Å². The quantitative estimate of drug-likeness (QED) is 0.434. The van der Waals surface area contributed by atoms with Crippen LogP contribution >= 0.6 is 0 Å². The van der Waals surface area contributed by atoms with Gasteiger partial charge in [0.2, 0.25) is 5.54 Å². The molecule has 0 aliphatic carbocycles. The number of ether oxygens (including phenoxy) is 1. The van der Waals surface area contributed by atoms with Gasteiger partial charge in [0.25, 0.3) is 0 Å². The van der Waals surface area contributed by atoms with E-state index in [0.29, 0.717) is 11.1 Å². The van der Waals surface area contributed by atoms with E-state index in [1.807, 2.05) is 0 Å². The van der Waals surface area contributed by atoms with Gasteiger partial charge in [-0.3, -0.25) is 9.79 Å². The fourth-order valence-electron chi connectivity index (χ4n) is 3.25. The molecule has 0 spiro atoms. The maximum Gasteiger partial charge on any atom is 0.442 e. The molecule has 0 saturated carbocycles. The van der Waals surface area contributed by atoms with Crippen LogP contribution in [0.2, 0.25) is 0 Å². The molecule has 0 amide bonds. The predicted molar refractivity (Wildman–Crippen MR) is 100 cm³/mol. The van der Waals surface area contributed by atoms with Gasteiger partial charge in [-0.25, -0.2) is 0 Å². The lowest BCUT2D eigenvalue weighted by Gasteiger charge is -2.17. The summed E-state index contributed by atoms with van der Waals surface area (Å²) in [6.45, 7) is 0.000449. The van der Waals surface area contributed by atoms with Gasteiger partial charge >= 0.3 is 24.0 Å². The zero-order valence-electron chi connectivity index (χ0n) is 16.2.